The number of para-hydroxylation sites is 2. The third kappa shape index (κ3) is 2.63. The number of nitrogens with zero attached hydrogens (tertiary/aromatic N) is 1. The number of aryl methyl sites for hydroxylation is 1. The van der Waals surface area contributed by atoms with E-state index in [0.29, 0.717) is 29.4 Å². The standard InChI is InChI=1S/C29H23Cl2N3O3/c1-15-6-4-8-19-23(15)33-27(37)29(19)25(24(35)17-12-11-16(30)14-20(17)31)28(22-10-5-13-34(22)29)18-7-2-3-9-21(18)32-26(28)36/h2-4,6-9,11-12,14,22,25H,5,10,13H2,1H3,(H,32,36)(H,33,37)/t22-,25+,28+,29+/m1/s1. The molecule has 4 aliphatic heterocycles. The average molecular weight is 532 g/mol. The maximum Gasteiger partial charge on any atom is 0.250 e. The van der Waals surface area contributed by atoms with Crippen molar-refractivity contribution in [2.24, 2.45) is 5.92 Å². The molecule has 0 aliphatic carbocycles. The summed E-state index contributed by atoms with van der Waals surface area (Å²) in [5, 5.41) is 6.76. The molecule has 0 bridgehead atoms. The second-order valence-corrected chi connectivity index (χ2v) is 11.2. The van der Waals surface area contributed by atoms with Crippen LogP contribution >= 0.6 is 23.2 Å². The molecule has 0 saturated carbocycles. The van der Waals surface area contributed by atoms with Gasteiger partial charge in [-0.05, 0) is 61.7 Å². The summed E-state index contributed by atoms with van der Waals surface area (Å²) >= 11 is 12.8. The van der Waals surface area contributed by atoms with E-state index in [-0.39, 0.29) is 34.2 Å². The molecule has 0 unspecified atom stereocenters. The molecule has 7 rings (SSSR count). The SMILES string of the molecule is Cc1cccc2c1NC(=O)[C@@]21[C@@H](C(=O)c2ccc(Cl)cc2Cl)[C@@]2(C(=O)Nc3ccccc32)[C@H]2CCCN21. The number of halogens is 2. The van der Waals surface area contributed by atoms with Gasteiger partial charge in [-0.25, -0.2) is 0 Å². The average Bonchev–Trinajstić information content (AvgIpc) is 3.59. The van der Waals surface area contributed by atoms with Gasteiger partial charge in [-0.1, -0.05) is 59.6 Å². The van der Waals surface area contributed by atoms with Gasteiger partial charge >= 0.3 is 0 Å². The predicted molar refractivity (Wildman–Crippen MR) is 142 cm³/mol. The van der Waals surface area contributed by atoms with Crippen molar-refractivity contribution in [3.8, 4) is 0 Å². The van der Waals surface area contributed by atoms with Crippen LogP contribution in [0.4, 0.5) is 11.4 Å². The number of anilines is 2. The summed E-state index contributed by atoms with van der Waals surface area (Å²) in [5.74, 6) is -1.91. The Labute approximate surface area is 223 Å². The zero-order valence-corrected chi connectivity index (χ0v) is 21.5. The summed E-state index contributed by atoms with van der Waals surface area (Å²) in [7, 11) is 0. The molecule has 4 atom stereocenters. The molecule has 8 heteroatoms. The molecule has 2 amide bonds. The van der Waals surface area contributed by atoms with Gasteiger partial charge in [0.1, 0.15) is 11.0 Å². The van der Waals surface area contributed by atoms with Crippen molar-refractivity contribution >= 4 is 52.2 Å². The second kappa shape index (κ2) is 7.67. The summed E-state index contributed by atoms with van der Waals surface area (Å²) in [5.41, 5.74) is 1.41. The molecule has 37 heavy (non-hydrogen) atoms. The lowest BCUT2D eigenvalue weighted by Crippen LogP contribution is -2.55. The maximum atomic E-state index is 14.8. The van der Waals surface area contributed by atoms with Crippen molar-refractivity contribution in [2.45, 2.75) is 36.8 Å². The fraction of sp³-hybridized carbons (Fsp3) is 0.276. The van der Waals surface area contributed by atoms with Crippen molar-refractivity contribution < 1.29 is 14.4 Å². The van der Waals surface area contributed by atoms with E-state index in [1.54, 1.807) is 12.1 Å². The highest BCUT2D eigenvalue weighted by Gasteiger charge is 2.78. The topological polar surface area (TPSA) is 78.5 Å². The summed E-state index contributed by atoms with van der Waals surface area (Å²) < 4.78 is 0. The number of carbonyl (C=O) groups excluding carboxylic acids is 3. The Morgan fingerprint density at radius 1 is 0.973 bits per heavy atom. The second-order valence-electron chi connectivity index (χ2n) is 10.4. The summed E-state index contributed by atoms with van der Waals surface area (Å²) in [6.45, 7) is 2.54. The van der Waals surface area contributed by atoms with E-state index in [2.05, 4.69) is 15.5 Å². The number of amides is 2. The van der Waals surface area contributed by atoms with E-state index in [4.69, 9.17) is 23.2 Å². The van der Waals surface area contributed by atoms with E-state index < -0.39 is 16.9 Å². The molecule has 3 aromatic carbocycles. The van der Waals surface area contributed by atoms with Gasteiger partial charge in [0.05, 0.1) is 10.9 Å². The number of Topliss-reactive ketones (excluding diaryl/α,β-unsaturated/α-hetero) is 1. The summed E-state index contributed by atoms with van der Waals surface area (Å²) in [4.78, 5) is 45.5. The van der Waals surface area contributed by atoms with Crippen molar-refractivity contribution in [1.82, 2.24) is 4.90 Å². The molecule has 4 aliphatic rings. The van der Waals surface area contributed by atoms with Crippen LogP contribution in [0.2, 0.25) is 10.0 Å². The Morgan fingerprint density at radius 2 is 1.76 bits per heavy atom. The zero-order chi connectivity index (χ0) is 25.7. The monoisotopic (exact) mass is 531 g/mol. The van der Waals surface area contributed by atoms with Crippen LogP contribution in [0.25, 0.3) is 0 Å². The summed E-state index contributed by atoms with van der Waals surface area (Å²) in [6.07, 6.45) is 1.51. The van der Waals surface area contributed by atoms with Crippen molar-refractivity contribution in [3.63, 3.8) is 0 Å². The fourth-order valence-electron chi connectivity index (χ4n) is 7.56. The van der Waals surface area contributed by atoms with Gasteiger partial charge in [-0.3, -0.25) is 19.3 Å². The van der Waals surface area contributed by atoms with Crippen LogP contribution in [0.3, 0.4) is 0 Å². The number of benzene rings is 3. The molecule has 0 aromatic heterocycles. The predicted octanol–water partition coefficient (Wildman–Crippen LogP) is 5.32. The molecule has 186 valence electrons. The quantitative estimate of drug-likeness (QED) is 0.439. The van der Waals surface area contributed by atoms with Crippen LogP contribution in [0, 0.1) is 12.8 Å². The molecule has 2 N–H and O–H groups in total. The Morgan fingerprint density at radius 3 is 2.57 bits per heavy atom. The summed E-state index contributed by atoms with van der Waals surface area (Å²) in [6, 6.07) is 17.7. The molecule has 2 saturated heterocycles. The molecular weight excluding hydrogens is 509 g/mol. The molecule has 2 spiro atoms. The van der Waals surface area contributed by atoms with Crippen LogP contribution in [-0.2, 0) is 20.5 Å². The molecule has 6 nitrogen and oxygen atoms in total. The van der Waals surface area contributed by atoms with Gasteiger partial charge in [0, 0.05) is 33.6 Å². The normalized spacial score (nSPS) is 29.4. The minimum absolute atomic E-state index is 0.199. The lowest BCUT2D eigenvalue weighted by atomic mass is 9.60. The first kappa shape index (κ1) is 23.0. The molecular formula is C29H23Cl2N3O3. The number of rotatable bonds is 2. The molecule has 4 heterocycles. The van der Waals surface area contributed by atoms with E-state index >= 15 is 0 Å². The van der Waals surface area contributed by atoms with E-state index in [1.165, 1.54) is 6.07 Å². The molecule has 2 fully saturated rings. The van der Waals surface area contributed by atoms with Crippen molar-refractivity contribution in [1.29, 1.82) is 0 Å². The Hall–Kier alpha value is -3.19. The van der Waals surface area contributed by atoms with Crippen molar-refractivity contribution in [2.75, 3.05) is 17.2 Å². The van der Waals surface area contributed by atoms with Crippen LogP contribution in [0.15, 0.2) is 60.7 Å². The van der Waals surface area contributed by atoms with E-state index in [0.717, 1.165) is 23.1 Å². The van der Waals surface area contributed by atoms with Crippen LogP contribution < -0.4 is 10.6 Å². The third-order valence-corrected chi connectivity index (χ3v) is 9.38. The Bertz CT molecular complexity index is 1560. The van der Waals surface area contributed by atoms with E-state index in [9.17, 15) is 14.4 Å². The first-order valence-electron chi connectivity index (χ1n) is 12.4. The first-order chi connectivity index (χ1) is 17.8. The number of ketones is 1. The van der Waals surface area contributed by atoms with Crippen molar-refractivity contribution in [3.05, 3.63) is 93.0 Å². The lowest BCUT2D eigenvalue weighted by molar-refractivity contribution is -0.128. The van der Waals surface area contributed by atoms with Gasteiger partial charge in [-0.2, -0.15) is 0 Å². The van der Waals surface area contributed by atoms with E-state index in [1.807, 2.05) is 49.4 Å². The minimum atomic E-state index is -1.36. The molecule has 0 radical (unpaired) electrons. The highest BCUT2D eigenvalue weighted by molar-refractivity contribution is 6.37. The highest BCUT2D eigenvalue weighted by Crippen LogP contribution is 2.66. The smallest absolute Gasteiger partial charge is 0.250 e. The minimum Gasteiger partial charge on any atom is -0.325 e. The maximum absolute atomic E-state index is 14.8. The first-order valence-corrected chi connectivity index (χ1v) is 13.2. The Kier molecular flexibility index (Phi) is 4.76. The van der Waals surface area contributed by atoms with Gasteiger partial charge in [-0.15, -0.1) is 0 Å². The van der Waals surface area contributed by atoms with Gasteiger partial charge < -0.3 is 10.6 Å². The van der Waals surface area contributed by atoms with Gasteiger partial charge in [0.25, 0.3) is 0 Å². The fourth-order valence-corrected chi connectivity index (χ4v) is 8.07. The van der Waals surface area contributed by atoms with Crippen LogP contribution in [0.5, 0.6) is 0 Å². The number of fused-ring (bicyclic) bond motifs is 7. The van der Waals surface area contributed by atoms with Crippen LogP contribution in [0.1, 0.15) is 39.9 Å². The third-order valence-electron chi connectivity index (χ3n) is 8.83. The largest absolute Gasteiger partial charge is 0.325 e. The molecule has 3 aromatic rings. The van der Waals surface area contributed by atoms with Gasteiger partial charge in [0.15, 0.2) is 5.78 Å². The zero-order valence-electron chi connectivity index (χ0n) is 20.0. The number of hydrogen-bond acceptors (Lipinski definition) is 4. The number of nitrogens with one attached hydrogen (secondary N) is 2. The highest BCUT2D eigenvalue weighted by atomic mass is 35.5. The number of hydrogen-bond donors (Lipinski definition) is 2. The lowest BCUT2D eigenvalue weighted by Gasteiger charge is -2.38. The Balaban J connectivity index is 1.60. The van der Waals surface area contributed by atoms with Gasteiger partial charge in [0.2, 0.25) is 11.8 Å². The van der Waals surface area contributed by atoms with Crippen LogP contribution in [-0.4, -0.2) is 35.1 Å². The number of carbonyl (C=O) groups is 3.